The number of benzene rings is 2. The van der Waals surface area contributed by atoms with Crippen molar-refractivity contribution < 1.29 is 19.5 Å². The van der Waals surface area contributed by atoms with Crippen LogP contribution in [-0.4, -0.2) is 76.9 Å². The molecule has 37 heavy (non-hydrogen) atoms. The molecule has 1 aliphatic heterocycles. The number of hydrogen-bond donors (Lipinski definition) is 3. The van der Waals surface area contributed by atoms with E-state index in [4.69, 9.17) is 16.7 Å². The molecular weight excluding hydrogens is 560 g/mol. The quantitative estimate of drug-likeness (QED) is 0.342. The van der Waals surface area contributed by atoms with Crippen molar-refractivity contribution in [2.24, 2.45) is 0 Å². The number of hydrogen-bond acceptors (Lipinski definition) is 4. The first kappa shape index (κ1) is 26.9. The molecule has 194 valence electrons. The molecule has 0 aliphatic carbocycles. The van der Waals surface area contributed by atoms with Crippen LogP contribution in [0.1, 0.15) is 34.5 Å². The average Bonchev–Trinajstić information content (AvgIpc) is 3.24. The number of carboxylic acid groups (broad SMARTS) is 1. The van der Waals surface area contributed by atoms with Crippen LogP contribution in [0.4, 0.5) is 0 Å². The number of H-pyrrole nitrogens is 1. The number of carbonyl (C=O) groups is 3. The van der Waals surface area contributed by atoms with E-state index in [-0.39, 0.29) is 24.7 Å². The first-order valence-electron chi connectivity index (χ1n) is 12.0. The number of carboxylic acids is 1. The van der Waals surface area contributed by atoms with E-state index in [9.17, 15) is 14.4 Å². The standard InChI is InChI=1S/C27H28BrClN4O4/c28-19-4-7-21-23(17-19)31-22(8-3-18-1-5-20(29)6-2-18)26(21)27(37)30-11-12-32-13-15-33(16-14-32)24(34)9-10-25(35)36/h1-8,17,31H,9-16H2,(H,30,37)(H,35,36). The average molecular weight is 588 g/mol. The molecule has 10 heteroatoms. The number of fused-ring (bicyclic) bond motifs is 1. The molecule has 0 radical (unpaired) electrons. The molecule has 2 heterocycles. The fourth-order valence-electron chi connectivity index (χ4n) is 4.32. The van der Waals surface area contributed by atoms with Gasteiger partial charge in [0.1, 0.15) is 0 Å². The number of rotatable bonds is 9. The number of halogens is 2. The summed E-state index contributed by atoms with van der Waals surface area (Å²) >= 11 is 9.48. The van der Waals surface area contributed by atoms with Gasteiger partial charge in [-0.05, 0) is 35.9 Å². The number of amides is 2. The van der Waals surface area contributed by atoms with Gasteiger partial charge in [0.05, 0.1) is 17.7 Å². The Labute approximate surface area is 228 Å². The lowest BCUT2D eigenvalue weighted by Gasteiger charge is -2.34. The van der Waals surface area contributed by atoms with Gasteiger partial charge in [0, 0.05) is 66.1 Å². The highest BCUT2D eigenvalue weighted by Gasteiger charge is 2.22. The Morgan fingerprint density at radius 1 is 1.03 bits per heavy atom. The second kappa shape index (κ2) is 12.4. The molecule has 0 unspecified atom stereocenters. The van der Waals surface area contributed by atoms with Crippen molar-refractivity contribution in [3.05, 3.63) is 68.8 Å². The van der Waals surface area contributed by atoms with Crippen LogP contribution >= 0.6 is 27.5 Å². The molecule has 0 saturated carbocycles. The van der Waals surface area contributed by atoms with Gasteiger partial charge >= 0.3 is 5.97 Å². The van der Waals surface area contributed by atoms with Gasteiger partial charge in [-0.2, -0.15) is 0 Å². The Bertz CT molecular complexity index is 1310. The van der Waals surface area contributed by atoms with E-state index < -0.39 is 5.97 Å². The zero-order valence-electron chi connectivity index (χ0n) is 20.2. The molecule has 0 spiro atoms. The minimum Gasteiger partial charge on any atom is -0.481 e. The third-order valence-corrected chi connectivity index (χ3v) is 7.07. The van der Waals surface area contributed by atoms with E-state index >= 15 is 0 Å². The van der Waals surface area contributed by atoms with E-state index in [1.165, 1.54) is 0 Å². The monoisotopic (exact) mass is 586 g/mol. The number of aromatic nitrogens is 1. The molecule has 0 atom stereocenters. The van der Waals surface area contributed by atoms with Crippen molar-refractivity contribution in [1.82, 2.24) is 20.1 Å². The molecule has 3 N–H and O–H groups in total. The van der Waals surface area contributed by atoms with Gasteiger partial charge in [-0.25, -0.2) is 0 Å². The van der Waals surface area contributed by atoms with E-state index in [0.717, 1.165) is 20.9 Å². The fraction of sp³-hybridized carbons (Fsp3) is 0.296. The molecule has 0 bridgehead atoms. The maximum absolute atomic E-state index is 13.3. The Balaban J connectivity index is 1.37. The summed E-state index contributed by atoms with van der Waals surface area (Å²) in [5.74, 6) is -1.25. The first-order chi connectivity index (χ1) is 17.8. The van der Waals surface area contributed by atoms with E-state index in [2.05, 4.69) is 31.1 Å². The molecule has 1 aliphatic rings. The summed E-state index contributed by atoms with van der Waals surface area (Å²) in [6, 6.07) is 13.3. The first-order valence-corrected chi connectivity index (χ1v) is 13.2. The summed E-state index contributed by atoms with van der Waals surface area (Å²) in [7, 11) is 0. The number of aromatic amines is 1. The summed E-state index contributed by atoms with van der Waals surface area (Å²) in [6.07, 6.45) is 3.71. The zero-order chi connectivity index (χ0) is 26.4. The third-order valence-electron chi connectivity index (χ3n) is 6.32. The van der Waals surface area contributed by atoms with Gasteiger partial charge in [-0.1, -0.05) is 51.8 Å². The number of carbonyl (C=O) groups excluding carboxylic acids is 2. The van der Waals surface area contributed by atoms with Crippen LogP contribution in [0.2, 0.25) is 5.02 Å². The lowest BCUT2D eigenvalue weighted by Crippen LogP contribution is -2.50. The third kappa shape index (κ3) is 7.21. The Morgan fingerprint density at radius 3 is 2.46 bits per heavy atom. The molecule has 2 amide bonds. The van der Waals surface area contributed by atoms with E-state index in [1.807, 2.05) is 54.6 Å². The number of nitrogens with one attached hydrogen (secondary N) is 2. The lowest BCUT2D eigenvalue weighted by molar-refractivity contribution is -0.141. The van der Waals surface area contributed by atoms with Crippen LogP contribution in [-0.2, 0) is 9.59 Å². The van der Waals surface area contributed by atoms with Crippen LogP contribution in [0.3, 0.4) is 0 Å². The summed E-state index contributed by atoms with van der Waals surface area (Å²) in [4.78, 5) is 43.4. The number of piperazine rings is 1. The summed E-state index contributed by atoms with van der Waals surface area (Å²) < 4.78 is 0.919. The molecular formula is C27H28BrClN4O4. The van der Waals surface area contributed by atoms with Crippen LogP contribution in [0.15, 0.2) is 46.9 Å². The topological polar surface area (TPSA) is 106 Å². The predicted molar refractivity (Wildman–Crippen MR) is 149 cm³/mol. The Morgan fingerprint density at radius 2 is 1.76 bits per heavy atom. The van der Waals surface area contributed by atoms with Crippen molar-refractivity contribution in [3.63, 3.8) is 0 Å². The second-order valence-corrected chi connectivity index (χ2v) is 10.2. The fourth-order valence-corrected chi connectivity index (χ4v) is 4.81. The van der Waals surface area contributed by atoms with Crippen LogP contribution in [0.25, 0.3) is 23.1 Å². The lowest BCUT2D eigenvalue weighted by atomic mass is 10.1. The van der Waals surface area contributed by atoms with Gasteiger partial charge in [0.2, 0.25) is 5.91 Å². The van der Waals surface area contributed by atoms with Gasteiger partial charge < -0.3 is 20.3 Å². The van der Waals surface area contributed by atoms with Crippen molar-refractivity contribution in [1.29, 1.82) is 0 Å². The largest absolute Gasteiger partial charge is 0.481 e. The molecule has 1 saturated heterocycles. The smallest absolute Gasteiger partial charge is 0.303 e. The van der Waals surface area contributed by atoms with Gasteiger partial charge in [-0.3, -0.25) is 19.3 Å². The molecule has 8 nitrogen and oxygen atoms in total. The van der Waals surface area contributed by atoms with E-state index in [1.54, 1.807) is 4.90 Å². The van der Waals surface area contributed by atoms with Crippen LogP contribution in [0.5, 0.6) is 0 Å². The predicted octanol–water partition coefficient (Wildman–Crippen LogP) is 4.49. The molecule has 1 aromatic heterocycles. The van der Waals surface area contributed by atoms with Crippen molar-refractivity contribution in [3.8, 4) is 0 Å². The second-order valence-electron chi connectivity index (χ2n) is 8.86. The van der Waals surface area contributed by atoms with Gasteiger partial charge in [-0.15, -0.1) is 0 Å². The van der Waals surface area contributed by atoms with Crippen molar-refractivity contribution in [2.75, 3.05) is 39.3 Å². The highest BCUT2D eigenvalue weighted by molar-refractivity contribution is 9.10. The SMILES string of the molecule is O=C(O)CCC(=O)N1CCN(CCNC(=O)c2c(C=Cc3ccc(Cl)cc3)[nH]c3cc(Br)ccc23)CC1. The molecule has 4 rings (SSSR count). The highest BCUT2D eigenvalue weighted by Crippen LogP contribution is 2.27. The summed E-state index contributed by atoms with van der Waals surface area (Å²) in [6.45, 7) is 3.62. The maximum atomic E-state index is 13.3. The van der Waals surface area contributed by atoms with E-state index in [0.29, 0.717) is 55.5 Å². The molecule has 3 aromatic rings. The van der Waals surface area contributed by atoms with Gasteiger partial charge in [0.15, 0.2) is 0 Å². The van der Waals surface area contributed by atoms with Gasteiger partial charge in [0.25, 0.3) is 5.91 Å². The van der Waals surface area contributed by atoms with Crippen molar-refractivity contribution in [2.45, 2.75) is 12.8 Å². The number of aliphatic carboxylic acids is 1. The molecule has 2 aromatic carbocycles. The normalized spacial score (nSPS) is 14.4. The summed E-state index contributed by atoms with van der Waals surface area (Å²) in [5.41, 5.74) is 3.13. The highest BCUT2D eigenvalue weighted by atomic mass is 79.9. The Kier molecular flexibility index (Phi) is 9.02. The minimum absolute atomic E-state index is 0.0291. The maximum Gasteiger partial charge on any atom is 0.303 e. The summed E-state index contributed by atoms with van der Waals surface area (Å²) in [5, 5.41) is 13.3. The van der Waals surface area contributed by atoms with Crippen molar-refractivity contribution >= 4 is 68.4 Å². The van der Waals surface area contributed by atoms with Crippen LogP contribution in [0, 0.1) is 0 Å². The zero-order valence-corrected chi connectivity index (χ0v) is 22.5. The molecule has 1 fully saturated rings. The Hall–Kier alpha value is -3.14. The number of nitrogens with zero attached hydrogens (tertiary/aromatic N) is 2. The van der Waals surface area contributed by atoms with Crippen LogP contribution < -0.4 is 5.32 Å². The minimum atomic E-state index is -0.964.